The van der Waals surface area contributed by atoms with E-state index in [1.54, 1.807) is 11.3 Å². The zero-order chi connectivity index (χ0) is 17.8. The Morgan fingerprint density at radius 3 is 2.69 bits per heavy atom. The van der Waals surface area contributed by atoms with Crippen molar-refractivity contribution in [3.8, 4) is 11.5 Å². The normalized spacial score (nSPS) is 10.9. The summed E-state index contributed by atoms with van der Waals surface area (Å²) in [6.45, 7) is 0.428. The summed E-state index contributed by atoms with van der Waals surface area (Å²) in [5, 5.41) is 11.8. The zero-order valence-electron chi connectivity index (χ0n) is 13.9. The lowest BCUT2D eigenvalue weighted by atomic mass is 10.2. The third-order valence-electron chi connectivity index (χ3n) is 3.83. The number of hydrogen-bond donors (Lipinski definition) is 1. The molecular formula is C19H16N4O2S. The van der Waals surface area contributed by atoms with E-state index >= 15 is 0 Å². The first-order chi connectivity index (χ1) is 12.8. The molecule has 0 aliphatic carbocycles. The maximum atomic E-state index is 12.1. The van der Waals surface area contributed by atoms with Gasteiger partial charge in [0.1, 0.15) is 5.01 Å². The molecule has 0 aliphatic rings. The van der Waals surface area contributed by atoms with Crippen LogP contribution in [0.25, 0.3) is 21.7 Å². The highest BCUT2D eigenvalue weighted by Gasteiger charge is 2.11. The fourth-order valence-corrected chi connectivity index (χ4v) is 3.44. The molecule has 26 heavy (non-hydrogen) atoms. The first-order valence-electron chi connectivity index (χ1n) is 8.27. The van der Waals surface area contributed by atoms with Gasteiger partial charge in [-0.1, -0.05) is 30.3 Å². The number of fused-ring (bicyclic) bond motifs is 1. The van der Waals surface area contributed by atoms with Gasteiger partial charge in [0.25, 0.3) is 0 Å². The Kier molecular flexibility index (Phi) is 4.70. The minimum Gasteiger partial charge on any atom is -0.421 e. The molecule has 4 aromatic rings. The van der Waals surface area contributed by atoms with E-state index in [0.29, 0.717) is 31.2 Å². The van der Waals surface area contributed by atoms with Crippen molar-refractivity contribution in [1.29, 1.82) is 0 Å². The van der Waals surface area contributed by atoms with Gasteiger partial charge in [-0.05, 0) is 24.3 Å². The van der Waals surface area contributed by atoms with Crippen LogP contribution in [-0.2, 0) is 17.8 Å². The Morgan fingerprint density at radius 2 is 1.85 bits per heavy atom. The predicted octanol–water partition coefficient (Wildman–Crippen LogP) is 3.60. The number of carbonyl (C=O) groups is 1. The van der Waals surface area contributed by atoms with Crippen molar-refractivity contribution in [2.45, 2.75) is 19.4 Å². The van der Waals surface area contributed by atoms with Crippen LogP contribution >= 0.6 is 11.3 Å². The van der Waals surface area contributed by atoms with Crippen molar-refractivity contribution in [1.82, 2.24) is 20.5 Å². The number of rotatable bonds is 6. The minimum atomic E-state index is -0.0660. The fraction of sp³-hybridized carbons (Fsp3) is 0.158. The van der Waals surface area contributed by atoms with E-state index in [1.165, 1.54) is 0 Å². The van der Waals surface area contributed by atoms with Gasteiger partial charge in [0, 0.05) is 18.4 Å². The van der Waals surface area contributed by atoms with Gasteiger partial charge in [0.05, 0.1) is 16.8 Å². The Labute approximate surface area is 153 Å². The summed E-state index contributed by atoms with van der Waals surface area (Å²) >= 11 is 1.59. The van der Waals surface area contributed by atoms with Gasteiger partial charge in [-0.25, -0.2) is 4.98 Å². The Hall–Kier alpha value is -3.06. The molecule has 0 saturated heterocycles. The summed E-state index contributed by atoms with van der Waals surface area (Å²) in [4.78, 5) is 16.6. The van der Waals surface area contributed by atoms with Gasteiger partial charge in [-0.3, -0.25) is 4.79 Å². The van der Waals surface area contributed by atoms with E-state index < -0.39 is 0 Å². The van der Waals surface area contributed by atoms with Crippen LogP contribution in [0.4, 0.5) is 0 Å². The second-order valence-electron chi connectivity index (χ2n) is 5.72. The number of amides is 1. The van der Waals surface area contributed by atoms with Crippen molar-refractivity contribution < 1.29 is 9.21 Å². The SMILES string of the molecule is O=C(CCc1nnc(-c2ccccc2)o1)NCc1nc2ccccc2s1. The number of aromatic nitrogens is 3. The second kappa shape index (κ2) is 7.45. The highest BCUT2D eigenvalue weighted by atomic mass is 32.1. The van der Waals surface area contributed by atoms with Crippen molar-refractivity contribution >= 4 is 27.5 Å². The summed E-state index contributed by atoms with van der Waals surface area (Å²) in [5.41, 5.74) is 1.83. The molecule has 0 radical (unpaired) electrons. The number of nitrogens with one attached hydrogen (secondary N) is 1. The quantitative estimate of drug-likeness (QED) is 0.565. The molecule has 0 spiro atoms. The predicted molar refractivity (Wildman–Crippen MR) is 99.5 cm³/mol. The molecule has 2 aromatic carbocycles. The van der Waals surface area contributed by atoms with Crippen LogP contribution in [0.3, 0.4) is 0 Å². The molecule has 2 aromatic heterocycles. The molecule has 0 bridgehead atoms. The van der Waals surface area contributed by atoms with Crippen LogP contribution < -0.4 is 5.32 Å². The molecule has 6 nitrogen and oxygen atoms in total. The highest BCUT2D eigenvalue weighted by Crippen LogP contribution is 2.21. The Balaban J connectivity index is 1.29. The lowest BCUT2D eigenvalue weighted by molar-refractivity contribution is -0.121. The molecule has 1 N–H and O–H groups in total. The van der Waals surface area contributed by atoms with Gasteiger partial charge in [0.15, 0.2) is 0 Å². The number of aryl methyl sites for hydroxylation is 1. The highest BCUT2D eigenvalue weighted by molar-refractivity contribution is 7.18. The lowest BCUT2D eigenvalue weighted by Gasteiger charge is -2.01. The molecule has 0 fully saturated rings. The smallest absolute Gasteiger partial charge is 0.247 e. The van der Waals surface area contributed by atoms with E-state index in [-0.39, 0.29) is 5.91 Å². The number of hydrogen-bond acceptors (Lipinski definition) is 6. The van der Waals surface area contributed by atoms with Crippen molar-refractivity contribution in [2.75, 3.05) is 0 Å². The van der Waals surface area contributed by atoms with Crippen LogP contribution in [-0.4, -0.2) is 21.1 Å². The Bertz CT molecular complexity index is 993. The molecule has 0 aliphatic heterocycles. The van der Waals surface area contributed by atoms with E-state index in [0.717, 1.165) is 20.8 Å². The number of nitrogens with zero attached hydrogens (tertiary/aromatic N) is 3. The maximum Gasteiger partial charge on any atom is 0.247 e. The number of para-hydroxylation sites is 1. The molecule has 0 unspecified atom stereocenters. The molecule has 7 heteroatoms. The summed E-state index contributed by atoms with van der Waals surface area (Å²) < 4.78 is 6.73. The molecule has 2 heterocycles. The minimum absolute atomic E-state index is 0.0660. The van der Waals surface area contributed by atoms with E-state index in [1.807, 2.05) is 54.6 Å². The molecule has 130 valence electrons. The molecular weight excluding hydrogens is 348 g/mol. The second-order valence-corrected chi connectivity index (χ2v) is 6.83. The number of carbonyl (C=O) groups excluding carboxylic acids is 1. The van der Waals surface area contributed by atoms with Gasteiger partial charge in [-0.2, -0.15) is 0 Å². The molecule has 1 amide bonds. The topological polar surface area (TPSA) is 80.9 Å². The number of benzene rings is 2. The van der Waals surface area contributed by atoms with Crippen LogP contribution in [0.5, 0.6) is 0 Å². The third-order valence-corrected chi connectivity index (χ3v) is 4.86. The standard InChI is InChI=1S/C19H16N4O2S/c24-16(20-12-18-21-14-8-4-5-9-15(14)26-18)10-11-17-22-23-19(25-17)13-6-2-1-3-7-13/h1-9H,10-12H2,(H,20,24). The fourth-order valence-electron chi connectivity index (χ4n) is 2.53. The van der Waals surface area contributed by atoms with E-state index in [4.69, 9.17) is 4.42 Å². The van der Waals surface area contributed by atoms with Gasteiger partial charge in [0.2, 0.25) is 17.7 Å². The molecule has 4 rings (SSSR count). The van der Waals surface area contributed by atoms with Gasteiger partial charge >= 0.3 is 0 Å². The van der Waals surface area contributed by atoms with Crippen LogP contribution in [0.15, 0.2) is 59.0 Å². The molecule has 0 atom stereocenters. The first-order valence-corrected chi connectivity index (χ1v) is 9.08. The lowest BCUT2D eigenvalue weighted by Crippen LogP contribution is -2.22. The van der Waals surface area contributed by atoms with Crippen molar-refractivity contribution in [3.05, 3.63) is 65.5 Å². The van der Waals surface area contributed by atoms with E-state index in [9.17, 15) is 4.79 Å². The summed E-state index contributed by atoms with van der Waals surface area (Å²) in [6, 6.07) is 17.5. The summed E-state index contributed by atoms with van der Waals surface area (Å²) in [5.74, 6) is 0.859. The van der Waals surface area contributed by atoms with Gasteiger partial charge in [-0.15, -0.1) is 21.5 Å². The Morgan fingerprint density at radius 1 is 1.04 bits per heavy atom. The van der Waals surface area contributed by atoms with Crippen molar-refractivity contribution in [3.63, 3.8) is 0 Å². The third kappa shape index (κ3) is 3.78. The van der Waals surface area contributed by atoms with Gasteiger partial charge < -0.3 is 9.73 Å². The summed E-state index contributed by atoms with van der Waals surface area (Å²) in [7, 11) is 0. The summed E-state index contributed by atoms with van der Waals surface area (Å²) in [6.07, 6.45) is 0.701. The average Bonchev–Trinajstić information content (AvgIpc) is 3.32. The van der Waals surface area contributed by atoms with Crippen molar-refractivity contribution in [2.24, 2.45) is 0 Å². The van der Waals surface area contributed by atoms with E-state index in [2.05, 4.69) is 20.5 Å². The maximum absolute atomic E-state index is 12.1. The van der Waals surface area contributed by atoms with Crippen LogP contribution in [0, 0.1) is 0 Å². The number of thiazole rings is 1. The molecule has 0 saturated carbocycles. The van der Waals surface area contributed by atoms with Crippen LogP contribution in [0.2, 0.25) is 0 Å². The monoisotopic (exact) mass is 364 g/mol. The largest absolute Gasteiger partial charge is 0.421 e. The van der Waals surface area contributed by atoms with Crippen LogP contribution in [0.1, 0.15) is 17.3 Å². The average molecular weight is 364 g/mol. The zero-order valence-corrected chi connectivity index (χ0v) is 14.7. The first kappa shape index (κ1) is 16.4.